The summed E-state index contributed by atoms with van der Waals surface area (Å²) in [5.41, 5.74) is 3.87. The molecule has 0 spiro atoms. The van der Waals surface area contributed by atoms with Crippen LogP contribution >= 0.6 is 0 Å². The number of aromatic nitrogens is 3. The topological polar surface area (TPSA) is 68.8 Å². The van der Waals surface area contributed by atoms with Crippen LogP contribution in [0.4, 0.5) is 0 Å². The summed E-state index contributed by atoms with van der Waals surface area (Å²) >= 11 is 0. The zero-order chi connectivity index (χ0) is 11.8. The van der Waals surface area contributed by atoms with Crippen molar-refractivity contribution in [1.82, 2.24) is 20.4 Å². The van der Waals surface area contributed by atoms with Crippen LogP contribution in [0.3, 0.4) is 0 Å². The molecule has 0 aromatic carbocycles. The molecule has 0 amide bonds. The third kappa shape index (κ3) is 4.72. The summed E-state index contributed by atoms with van der Waals surface area (Å²) in [4.78, 5) is 0. The number of aryl methyl sites for hydroxylation is 2. The highest BCUT2D eigenvalue weighted by atomic mass is 15.4. The van der Waals surface area contributed by atoms with Gasteiger partial charge in [0.15, 0.2) is 0 Å². The Balaban J connectivity index is 2.32. The van der Waals surface area contributed by atoms with Gasteiger partial charge >= 0.3 is 0 Å². The first-order chi connectivity index (χ1) is 7.74. The molecule has 5 nitrogen and oxygen atoms in total. The number of rotatable bonds is 8. The lowest BCUT2D eigenvalue weighted by Gasteiger charge is -2.07. The zero-order valence-corrected chi connectivity index (χ0v) is 10.3. The van der Waals surface area contributed by atoms with Gasteiger partial charge in [-0.2, -0.15) is 0 Å². The highest BCUT2D eigenvalue weighted by Gasteiger charge is 2.03. The number of nitrogens with one attached hydrogen (secondary N) is 1. The maximum absolute atomic E-state index is 5.23. The van der Waals surface area contributed by atoms with Crippen LogP contribution in [0.25, 0.3) is 0 Å². The Hall–Kier alpha value is -0.940. The fourth-order valence-electron chi connectivity index (χ4n) is 1.68. The molecule has 0 radical (unpaired) electrons. The molecule has 3 N–H and O–H groups in total. The van der Waals surface area contributed by atoms with E-state index in [-0.39, 0.29) is 0 Å². The molecule has 0 fully saturated rings. The van der Waals surface area contributed by atoms with Gasteiger partial charge in [0.1, 0.15) is 0 Å². The first-order valence-corrected chi connectivity index (χ1v) is 6.05. The van der Waals surface area contributed by atoms with Crippen LogP contribution < -0.4 is 11.3 Å². The molecule has 0 aliphatic rings. The van der Waals surface area contributed by atoms with E-state index < -0.39 is 0 Å². The molecule has 0 aliphatic heterocycles. The molecule has 0 atom stereocenters. The maximum Gasteiger partial charge on any atom is 0.0725 e. The van der Waals surface area contributed by atoms with Crippen molar-refractivity contribution >= 4 is 0 Å². The Morgan fingerprint density at radius 1 is 1.44 bits per heavy atom. The molecule has 16 heavy (non-hydrogen) atoms. The summed E-state index contributed by atoms with van der Waals surface area (Å²) in [7, 11) is 0. The van der Waals surface area contributed by atoms with Crippen LogP contribution in [0, 0.1) is 5.92 Å². The maximum atomic E-state index is 5.23. The lowest BCUT2D eigenvalue weighted by atomic mass is 10.1. The van der Waals surface area contributed by atoms with Crippen LogP contribution in [0.5, 0.6) is 0 Å². The average Bonchev–Trinajstić information content (AvgIpc) is 2.66. The molecule has 0 saturated heterocycles. The van der Waals surface area contributed by atoms with Crippen molar-refractivity contribution in [3.63, 3.8) is 0 Å². The Morgan fingerprint density at radius 3 is 2.94 bits per heavy atom. The monoisotopic (exact) mass is 225 g/mol. The Bertz CT molecular complexity index is 282. The lowest BCUT2D eigenvalue weighted by Crippen LogP contribution is -2.23. The molecule has 1 aromatic rings. The number of nitrogens with zero attached hydrogens (tertiary/aromatic N) is 3. The van der Waals surface area contributed by atoms with Gasteiger partial charge in [-0.25, -0.2) is 4.68 Å². The van der Waals surface area contributed by atoms with E-state index in [1.54, 1.807) is 0 Å². The van der Waals surface area contributed by atoms with Crippen molar-refractivity contribution in [2.45, 2.75) is 46.1 Å². The van der Waals surface area contributed by atoms with Crippen LogP contribution in [0.2, 0.25) is 0 Å². The molecule has 1 heterocycles. The summed E-state index contributed by atoms with van der Waals surface area (Å²) in [6.45, 7) is 6.30. The summed E-state index contributed by atoms with van der Waals surface area (Å²) < 4.78 is 2.01. The van der Waals surface area contributed by atoms with Crippen molar-refractivity contribution in [1.29, 1.82) is 0 Å². The predicted octanol–water partition coefficient (Wildman–Crippen LogP) is 1.11. The summed E-state index contributed by atoms with van der Waals surface area (Å²) in [6, 6.07) is 0. The first kappa shape index (κ1) is 13.1. The van der Waals surface area contributed by atoms with E-state index in [0.29, 0.717) is 0 Å². The predicted molar refractivity (Wildman–Crippen MR) is 64.6 cm³/mol. The Morgan fingerprint density at radius 2 is 2.25 bits per heavy atom. The Kier molecular flexibility index (Phi) is 6.03. The fraction of sp³-hybridized carbons (Fsp3) is 0.818. The summed E-state index contributed by atoms with van der Waals surface area (Å²) in [5, 5.41) is 8.07. The van der Waals surface area contributed by atoms with Crippen LogP contribution in [-0.2, 0) is 13.0 Å². The molecule has 1 rings (SSSR count). The number of hydrogen-bond acceptors (Lipinski definition) is 4. The zero-order valence-electron chi connectivity index (χ0n) is 10.3. The summed E-state index contributed by atoms with van der Waals surface area (Å²) in [6.07, 6.45) is 6.27. The van der Waals surface area contributed by atoms with E-state index in [0.717, 1.165) is 31.8 Å². The SMILES string of the molecule is CC(C)CCCn1nncc1CCCNN. The van der Waals surface area contributed by atoms with Gasteiger partial charge in [-0.05, 0) is 31.6 Å². The van der Waals surface area contributed by atoms with E-state index in [1.165, 1.54) is 18.5 Å². The second-order valence-electron chi connectivity index (χ2n) is 4.54. The molecule has 5 heteroatoms. The molecule has 1 aromatic heterocycles. The minimum Gasteiger partial charge on any atom is -0.271 e. The number of hydrogen-bond donors (Lipinski definition) is 2. The second kappa shape index (κ2) is 7.35. The minimum absolute atomic E-state index is 0.758. The summed E-state index contributed by atoms with van der Waals surface area (Å²) in [5.74, 6) is 5.99. The van der Waals surface area contributed by atoms with Crippen molar-refractivity contribution < 1.29 is 0 Å². The van der Waals surface area contributed by atoms with E-state index in [1.807, 2.05) is 10.9 Å². The standard InChI is InChI=1S/C11H23N5/c1-10(2)5-4-8-16-11(9-14-15-16)6-3-7-13-12/h9-10,13H,3-8,12H2,1-2H3. The van der Waals surface area contributed by atoms with Gasteiger partial charge in [0.25, 0.3) is 0 Å². The molecule has 0 bridgehead atoms. The van der Waals surface area contributed by atoms with Gasteiger partial charge in [-0.3, -0.25) is 11.3 Å². The van der Waals surface area contributed by atoms with Crippen LogP contribution in [0.1, 0.15) is 38.8 Å². The molecule has 0 saturated carbocycles. The largest absolute Gasteiger partial charge is 0.271 e. The Labute approximate surface area is 97.4 Å². The highest BCUT2D eigenvalue weighted by Crippen LogP contribution is 2.07. The van der Waals surface area contributed by atoms with Crippen molar-refractivity contribution in [2.24, 2.45) is 11.8 Å². The van der Waals surface area contributed by atoms with Crippen LogP contribution in [0.15, 0.2) is 6.20 Å². The normalized spacial score (nSPS) is 11.2. The van der Waals surface area contributed by atoms with Gasteiger partial charge in [-0.1, -0.05) is 19.1 Å². The van der Waals surface area contributed by atoms with Gasteiger partial charge in [0.05, 0.1) is 11.9 Å². The quantitative estimate of drug-likeness (QED) is 0.395. The number of hydrazine groups is 1. The van der Waals surface area contributed by atoms with Gasteiger partial charge in [0.2, 0.25) is 0 Å². The minimum atomic E-state index is 0.758. The third-order valence-electron chi connectivity index (χ3n) is 2.60. The number of nitrogens with two attached hydrogens (primary N) is 1. The first-order valence-electron chi connectivity index (χ1n) is 6.05. The van der Waals surface area contributed by atoms with Crippen molar-refractivity contribution in [3.8, 4) is 0 Å². The van der Waals surface area contributed by atoms with E-state index in [4.69, 9.17) is 5.84 Å². The van der Waals surface area contributed by atoms with Gasteiger partial charge in [-0.15, -0.1) is 5.10 Å². The lowest BCUT2D eigenvalue weighted by molar-refractivity contribution is 0.470. The smallest absolute Gasteiger partial charge is 0.0725 e. The third-order valence-corrected chi connectivity index (χ3v) is 2.60. The van der Waals surface area contributed by atoms with Crippen molar-refractivity contribution in [2.75, 3.05) is 6.54 Å². The van der Waals surface area contributed by atoms with Gasteiger partial charge < -0.3 is 0 Å². The van der Waals surface area contributed by atoms with Gasteiger partial charge in [0, 0.05) is 13.1 Å². The second-order valence-corrected chi connectivity index (χ2v) is 4.54. The average molecular weight is 225 g/mol. The molecular formula is C11H23N5. The molecular weight excluding hydrogens is 202 g/mol. The van der Waals surface area contributed by atoms with Crippen LogP contribution in [-0.4, -0.2) is 21.5 Å². The van der Waals surface area contributed by atoms with Crippen molar-refractivity contribution in [3.05, 3.63) is 11.9 Å². The van der Waals surface area contributed by atoms with E-state index in [2.05, 4.69) is 29.6 Å². The van der Waals surface area contributed by atoms with E-state index >= 15 is 0 Å². The fourth-order valence-corrected chi connectivity index (χ4v) is 1.68. The molecule has 0 aliphatic carbocycles. The molecule has 92 valence electrons. The highest BCUT2D eigenvalue weighted by molar-refractivity contribution is 4.94. The van der Waals surface area contributed by atoms with E-state index in [9.17, 15) is 0 Å². The molecule has 0 unspecified atom stereocenters.